The average Bonchev–Trinajstić information content (AvgIpc) is 2.44. The highest BCUT2D eigenvalue weighted by Gasteiger charge is 2.25. The van der Waals surface area contributed by atoms with Crippen LogP contribution < -0.4 is 10.2 Å². The minimum atomic E-state index is -1.01. The Balaban J connectivity index is 2.94. The van der Waals surface area contributed by atoms with E-state index < -0.39 is 28.4 Å². The van der Waals surface area contributed by atoms with Gasteiger partial charge in [0.25, 0.3) is 11.6 Å². The lowest BCUT2D eigenvalue weighted by Gasteiger charge is -2.23. The molecule has 1 rings (SSSR count). The Labute approximate surface area is 140 Å². The summed E-state index contributed by atoms with van der Waals surface area (Å²) in [6, 6.07) is 4.04. The molecule has 0 spiro atoms. The van der Waals surface area contributed by atoms with E-state index in [0.717, 1.165) is 6.07 Å². The molecule has 24 heavy (non-hydrogen) atoms. The fourth-order valence-corrected chi connectivity index (χ4v) is 1.93. The molecule has 0 radical (unpaired) electrons. The van der Waals surface area contributed by atoms with E-state index in [2.05, 4.69) is 5.32 Å². The van der Waals surface area contributed by atoms with Gasteiger partial charge in [-0.2, -0.15) is 0 Å². The predicted molar refractivity (Wildman–Crippen MR) is 90.2 cm³/mol. The van der Waals surface area contributed by atoms with E-state index in [9.17, 15) is 19.7 Å². The summed E-state index contributed by atoms with van der Waals surface area (Å²) < 4.78 is 5.09. The van der Waals surface area contributed by atoms with Gasteiger partial charge < -0.3 is 15.0 Å². The van der Waals surface area contributed by atoms with Crippen molar-refractivity contribution in [2.24, 2.45) is 0 Å². The number of ether oxygens (including phenoxy) is 1. The number of amides is 1. The minimum Gasteiger partial charge on any atom is -0.449 e. The van der Waals surface area contributed by atoms with Crippen LogP contribution in [0.5, 0.6) is 0 Å². The van der Waals surface area contributed by atoms with Crippen LogP contribution in [0.15, 0.2) is 18.2 Å². The first kappa shape index (κ1) is 19.4. The van der Waals surface area contributed by atoms with Gasteiger partial charge in [0.05, 0.1) is 10.5 Å². The van der Waals surface area contributed by atoms with Crippen LogP contribution in [0.2, 0.25) is 0 Å². The Morgan fingerprint density at radius 3 is 2.33 bits per heavy atom. The number of benzene rings is 1. The predicted octanol–water partition coefficient (Wildman–Crippen LogP) is 2.12. The fourth-order valence-electron chi connectivity index (χ4n) is 1.93. The summed E-state index contributed by atoms with van der Waals surface area (Å²) in [5.74, 6) is -1.23. The number of hydrogen-bond acceptors (Lipinski definition) is 6. The largest absolute Gasteiger partial charge is 0.449 e. The highest BCUT2D eigenvalue weighted by molar-refractivity contribution is 5.93. The smallest absolute Gasteiger partial charge is 0.339 e. The number of anilines is 1. The summed E-state index contributed by atoms with van der Waals surface area (Å²) in [4.78, 5) is 36.2. The number of hydrogen-bond donors (Lipinski definition) is 1. The van der Waals surface area contributed by atoms with Gasteiger partial charge >= 0.3 is 5.97 Å². The zero-order valence-corrected chi connectivity index (χ0v) is 14.7. The van der Waals surface area contributed by atoms with Gasteiger partial charge in [-0.3, -0.25) is 14.9 Å². The number of nitro groups is 1. The number of carbonyl (C=O) groups excluding carboxylic acids is 2. The Bertz CT molecular complexity index is 650. The number of nitrogens with zero attached hydrogens (tertiary/aromatic N) is 2. The second-order valence-corrected chi connectivity index (χ2v) is 6.64. The van der Waals surface area contributed by atoms with Crippen LogP contribution >= 0.6 is 0 Å². The molecule has 0 saturated carbocycles. The number of rotatable bonds is 5. The van der Waals surface area contributed by atoms with Crippen LogP contribution in [0, 0.1) is 10.1 Å². The van der Waals surface area contributed by atoms with Gasteiger partial charge in [-0.1, -0.05) is 0 Å². The van der Waals surface area contributed by atoms with Crippen molar-refractivity contribution in [3.8, 4) is 0 Å². The maximum Gasteiger partial charge on any atom is 0.339 e. The molecule has 1 amide bonds. The molecule has 0 unspecified atom stereocenters. The molecule has 0 aliphatic heterocycles. The second-order valence-electron chi connectivity index (χ2n) is 6.64. The first-order chi connectivity index (χ1) is 10.9. The van der Waals surface area contributed by atoms with E-state index in [0.29, 0.717) is 5.69 Å². The summed E-state index contributed by atoms with van der Waals surface area (Å²) >= 11 is 0. The van der Waals surface area contributed by atoms with Crippen molar-refractivity contribution < 1.29 is 19.2 Å². The van der Waals surface area contributed by atoms with Gasteiger partial charge in [0.1, 0.15) is 5.69 Å². The summed E-state index contributed by atoms with van der Waals surface area (Å²) in [5.41, 5.74) is -0.275. The van der Waals surface area contributed by atoms with Gasteiger partial charge in [-0.25, -0.2) is 4.79 Å². The maximum absolute atomic E-state index is 12.1. The molecule has 0 aliphatic carbocycles. The zero-order valence-electron chi connectivity index (χ0n) is 14.7. The SMILES string of the molecule is C[C@H](OC(=O)c1ccc(N(C)C)c([N+](=O)[O-])c1)C(=O)NC(C)(C)C. The number of carbonyl (C=O) groups is 2. The van der Waals surface area contributed by atoms with Gasteiger partial charge in [0.2, 0.25) is 0 Å². The Hall–Kier alpha value is -2.64. The van der Waals surface area contributed by atoms with Gasteiger partial charge in [-0.05, 0) is 39.8 Å². The van der Waals surface area contributed by atoms with Crippen LogP contribution in [-0.4, -0.2) is 42.5 Å². The quantitative estimate of drug-likeness (QED) is 0.502. The summed E-state index contributed by atoms with van der Waals surface area (Å²) in [6.07, 6.45) is -1.01. The molecule has 8 nitrogen and oxygen atoms in total. The molecule has 132 valence electrons. The van der Waals surface area contributed by atoms with Crippen molar-refractivity contribution in [1.82, 2.24) is 5.32 Å². The standard InChI is InChI=1S/C16H23N3O5/c1-10(14(20)17-16(2,3)4)24-15(21)11-7-8-12(18(5)6)13(9-11)19(22)23/h7-10H,1-6H3,(H,17,20)/t10-/m0/s1. The fraction of sp³-hybridized carbons (Fsp3) is 0.500. The molecule has 0 heterocycles. The highest BCUT2D eigenvalue weighted by atomic mass is 16.6. The first-order valence-corrected chi connectivity index (χ1v) is 7.41. The first-order valence-electron chi connectivity index (χ1n) is 7.41. The van der Waals surface area contributed by atoms with E-state index in [1.165, 1.54) is 19.1 Å². The topological polar surface area (TPSA) is 102 Å². The third-order valence-electron chi connectivity index (χ3n) is 3.04. The average molecular weight is 337 g/mol. The van der Waals surface area contributed by atoms with E-state index in [4.69, 9.17) is 4.74 Å². The summed E-state index contributed by atoms with van der Waals surface area (Å²) in [7, 11) is 3.33. The minimum absolute atomic E-state index is 0.0164. The van der Waals surface area contributed by atoms with Gasteiger partial charge in [0.15, 0.2) is 6.10 Å². The lowest BCUT2D eigenvalue weighted by molar-refractivity contribution is -0.384. The molecule has 1 aromatic rings. The Morgan fingerprint density at radius 1 is 1.29 bits per heavy atom. The molecule has 1 N–H and O–H groups in total. The van der Waals surface area contributed by atoms with Crippen LogP contribution in [-0.2, 0) is 9.53 Å². The molecule has 1 atom stereocenters. The van der Waals surface area contributed by atoms with E-state index in [1.54, 1.807) is 19.0 Å². The molecule has 0 bridgehead atoms. The monoisotopic (exact) mass is 337 g/mol. The highest BCUT2D eigenvalue weighted by Crippen LogP contribution is 2.28. The van der Waals surface area contributed by atoms with Gasteiger partial charge in [0, 0.05) is 25.7 Å². The molecule has 1 aromatic carbocycles. The summed E-state index contributed by atoms with van der Waals surface area (Å²) in [6.45, 7) is 6.87. The Kier molecular flexibility index (Phi) is 5.89. The van der Waals surface area contributed by atoms with Crippen molar-refractivity contribution >= 4 is 23.3 Å². The zero-order chi connectivity index (χ0) is 18.7. The Morgan fingerprint density at radius 2 is 1.88 bits per heavy atom. The second kappa shape index (κ2) is 7.29. The number of esters is 1. The van der Waals surface area contributed by atoms with Crippen molar-refractivity contribution in [3.63, 3.8) is 0 Å². The molecular weight excluding hydrogens is 314 g/mol. The van der Waals surface area contributed by atoms with E-state index in [-0.39, 0.29) is 11.3 Å². The van der Waals surface area contributed by atoms with Crippen molar-refractivity contribution in [2.45, 2.75) is 39.3 Å². The lowest BCUT2D eigenvalue weighted by atomic mass is 10.1. The number of nitrogens with one attached hydrogen (secondary N) is 1. The van der Waals surface area contributed by atoms with E-state index >= 15 is 0 Å². The molecule has 0 aliphatic rings. The van der Waals surface area contributed by atoms with Gasteiger partial charge in [-0.15, -0.1) is 0 Å². The van der Waals surface area contributed by atoms with Crippen LogP contribution in [0.3, 0.4) is 0 Å². The summed E-state index contributed by atoms with van der Waals surface area (Å²) in [5, 5.41) is 13.8. The van der Waals surface area contributed by atoms with Crippen molar-refractivity contribution in [1.29, 1.82) is 0 Å². The lowest BCUT2D eigenvalue weighted by Crippen LogP contribution is -2.46. The third-order valence-corrected chi connectivity index (χ3v) is 3.04. The number of nitro benzene ring substituents is 1. The van der Waals surface area contributed by atoms with E-state index in [1.807, 2.05) is 20.8 Å². The van der Waals surface area contributed by atoms with Crippen molar-refractivity contribution in [3.05, 3.63) is 33.9 Å². The van der Waals surface area contributed by atoms with Crippen LogP contribution in [0.25, 0.3) is 0 Å². The molecule has 8 heteroatoms. The normalized spacial score (nSPS) is 12.2. The molecule has 0 fully saturated rings. The van der Waals surface area contributed by atoms with Crippen molar-refractivity contribution in [2.75, 3.05) is 19.0 Å². The maximum atomic E-state index is 12.1. The van der Waals surface area contributed by atoms with Crippen LogP contribution in [0.4, 0.5) is 11.4 Å². The molecular formula is C16H23N3O5. The third kappa shape index (κ3) is 5.22. The molecule has 0 saturated heterocycles. The molecule has 0 aromatic heterocycles. The van der Waals surface area contributed by atoms with Crippen LogP contribution in [0.1, 0.15) is 38.1 Å².